The zero-order valence-corrected chi connectivity index (χ0v) is 9.72. The Morgan fingerprint density at radius 1 is 1.53 bits per heavy atom. The summed E-state index contributed by atoms with van der Waals surface area (Å²) in [5.74, 6) is 4.69. The highest BCUT2D eigenvalue weighted by Gasteiger charge is 2.04. The van der Waals surface area contributed by atoms with Gasteiger partial charge in [0.1, 0.15) is 5.82 Å². The molecule has 17 heavy (non-hydrogen) atoms. The number of anilines is 1. The van der Waals surface area contributed by atoms with Crippen LogP contribution in [-0.2, 0) is 4.79 Å². The van der Waals surface area contributed by atoms with Crippen molar-refractivity contribution in [1.29, 1.82) is 0 Å². The van der Waals surface area contributed by atoms with Crippen molar-refractivity contribution in [3.8, 4) is 11.8 Å². The van der Waals surface area contributed by atoms with E-state index in [9.17, 15) is 9.18 Å². The SMILES string of the molecule is CCCC(=O)Nc1ccc(F)c(C#CCN)c1. The molecule has 0 aliphatic carbocycles. The summed E-state index contributed by atoms with van der Waals surface area (Å²) in [6.45, 7) is 2.09. The third kappa shape index (κ3) is 4.25. The van der Waals surface area contributed by atoms with Crippen LogP contribution < -0.4 is 11.1 Å². The number of halogens is 1. The highest BCUT2D eigenvalue weighted by molar-refractivity contribution is 5.90. The summed E-state index contributed by atoms with van der Waals surface area (Å²) >= 11 is 0. The van der Waals surface area contributed by atoms with Gasteiger partial charge in [0, 0.05) is 12.1 Å². The normalized spacial score (nSPS) is 9.35. The van der Waals surface area contributed by atoms with Crippen molar-refractivity contribution >= 4 is 11.6 Å². The molecule has 0 radical (unpaired) electrons. The van der Waals surface area contributed by atoms with Crippen LogP contribution in [0.3, 0.4) is 0 Å². The van der Waals surface area contributed by atoms with Gasteiger partial charge in [-0.1, -0.05) is 18.8 Å². The predicted molar refractivity (Wildman–Crippen MR) is 65.9 cm³/mol. The van der Waals surface area contributed by atoms with Crippen LogP contribution in [0.5, 0.6) is 0 Å². The second-order valence-corrected chi connectivity index (χ2v) is 3.50. The van der Waals surface area contributed by atoms with Crippen molar-refractivity contribution < 1.29 is 9.18 Å². The van der Waals surface area contributed by atoms with Crippen LogP contribution in [0.25, 0.3) is 0 Å². The van der Waals surface area contributed by atoms with E-state index in [2.05, 4.69) is 17.2 Å². The summed E-state index contributed by atoms with van der Waals surface area (Å²) in [6.07, 6.45) is 1.22. The minimum atomic E-state index is -0.417. The Kier molecular flexibility index (Phi) is 5.18. The van der Waals surface area contributed by atoms with Crippen LogP contribution in [0.15, 0.2) is 18.2 Å². The summed E-state index contributed by atoms with van der Waals surface area (Å²) < 4.78 is 13.3. The summed E-state index contributed by atoms with van der Waals surface area (Å²) in [4.78, 5) is 11.4. The summed E-state index contributed by atoms with van der Waals surface area (Å²) in [5, 5.41) is 2.68. The van der Waals surface area contributed by atoms with E-state index in [1.807, 2.05) is 6.92 Å². The van der Waals surface area contributed by atoms with Crippen LogP contribution in [0, 0.1) is 17.7 Å². The molecule has 1 amide bonds. The lowest BCUT2D eigenvalue weighted by atomic mass is 10.2. The summed E-state index contributed by atoms with van der Waals surface area (Å²) in [5.41, 5.74) is 6.01. The Morgan fingerprint density at radius 3 is 2.94 bits per heavy atom. The Balaban J connectivity index is 2.85. The van der Waals surface area contributed by atoms with Crippen molar-refractivity contribution in [1.82, 2.24) is 0 Å². The number of benzene rings is 1. The van der Waals surface area contributed by atoms with Gasteiger partial charge in [-0.15, -0.1) is 0 Å². The second kappa shape index (κ2) is 6.66. The minimum Gasteiger partial charge on any atom is -0.326 e. The van der Waals surface area contributed by atoms with E-state index in [1.165, 1.54) is 18.2 Å². The summed E-state index contributed by atoms with van der Waals surface area (Å²) in [7, 11) is 0. The van der Waals surface area contributed by atoms with Crippen LogP contribution in [0.2, 0.25) is 0 Å². The number of hydrogen-bond donors (Lipinski definition) is 2. The molecule has 0 fully saturated rings. The van der Waals surface area contributed by atoms with Crippen molar-refractivity contribution in [2.45, 2.75) is 19.8 Å². The van der Waals surface area contributed by atoms with Gasteiger partial charge in [-0.25, -0.2) is 4.39 Å². The monoisotopic (exact) mass is 234 g/mol. The molecule has 0 spiro atoms. The first-order valence-corrected chi connectivity index (χ1v) is 5.45. The molecule has 0 aliphatic rings. The molecule has 1 aromatic rings. The molecule has 0 heterocycles. The van der Waals surface area contributed by atoms with Crippen LogP contribution in [0.4, 0.5) is 10.1 Å². The lowest BCUT2D eigenvalue weighted by Gasteiger charge is -2.05. The number of hydrogen-bond acceptors (Lipinski definition) is 2. The first-order chi connectivity index (χ1) is 8.17. The van der Waals surface area contributed by atoms with Gasteiger partial charge < -0.3 is 11.1 Å². The summed E-state index contributed by atoms with van der Waals surface area (Å²) in [6, 6.07) is 4.30. The fourth-order valence-corrected chi connectivity index (χ4v) is 1.30. The molecule has 0 saturated carbocycles. The van der Waals surface area contributed by atoms with E-state index in [4.69, 9.17) is 5.73 Å². The van der Waals surface area contributed by atoms with Crippen LogP contribution in [0.1, 0.15) is 25.3 Å². The molecule has 4 heteroatoms. The molecule has 3 nitrogen and oxygen atoms in total. The highest BCUT2D eigenvalue weighted by atomic mass is 19.1. The quantitative estimate of drug-likeness (QED) is 0.784. The van der Waals surface area contributed by atoms with E-state index in [1.54, 1.807) is 0 Å². The number of rotatable bonds is 3. The number of nitrogens with one attached hydrogen (secondary N) is 1. The van der Waals surface area contributed by atoms with Gasteiger partial charge in [0.15, 0.2) is 0 Å². The Morgan fingerprint density at radius 2 is 2.29 bits per heavy atom. The molecule has 0 aromatic heterocycles. The van der Waals surface area contributed by atoms with E-state index < -0.39 is 5.82 Å². The third-order valence-corrected chi connectivity index (χ3v) is 2.05. The van der Waals surface area contributed by atoms with Gasteiger partial charge >= 0.3 is 0 Å². The van der Waals surface area contributed by atoms with E-state index in [0.717, 1.165) is 6.42 Å². The first-order valence-electron chi connectivity index (χ1n) is 5.45. The molecule has 0 unspecified atom stereocenters. The second-order valence-electron chi connectivity index (χ2n) is 3.50. The number of carbonyl (C=O) groups is 1. The Hall–Kier alpha value is -1.86. The van der Waals surface area contributed by atoms with Gasteiger partial charge in [-0.3, -0.25) is 4.79 Å². The van der Waals surface area contributed by atoms with Gasteiger partial charge in [0.25, 0.3) is 0 Å². The lowest BCUT2D eigenvalue weighted by Crippen LogP contribution is -2.10. The molecule has 1 rings (SSSR count). The molecule has 0 bridgehead atoms. The number of amides is 1. The zero-order valence-electron chi connectivity index (χ0n) is 9.72. The highest BCUT2D eigenvalue weighted by Crippen LogP contribution is 2.14. The van der Waals surface area contributed by atoms with Gasteiger partial charge in [0.05, 0.1) is 12.1 Å². The van der Waals surface area contributed by atoms with E-state index in [0.29, 0.717) is 12.1 Å². The van der Waals surface area contributed by atoms with Crippen molar-refractivity contribution in [3.63, 3.8) is 0 Å². The molecule has 90 valence electrons. The zero-order chi connectivity index (χ0) is 12.7. The standard InChI is InChI=1S/C13H15FN2O/c1-2-4-13(17)16-11-6-7-12(14)10(9-11)5-3-8-15/h6-7,9H,2,4,8,15H2,1H3,(H,16,17). The van der Waals surface area contributed by atoms with Crippen molar-refractivity contribution in [2.75, 3.05) is 11.9 Å². The fraction of sp³-hybridized carbons (Fsp3) is 0.308. The van der Waals surface area contributed by atoms with Gasteiger partial charge in [-0.05, 0) is 24.6 Å². The van der Waals surface area contributed by atoms with Crippen LogP contribution >= 0.6 is 0 Å². The minimum absolute atomic E-state index is 0.0863. The van der Waals surface area contributed by atoms with Crippen molar-refractivity contribution in [3.05, 3.63) is 29.6 Å². The topological polar surface area (TPSA) is 55.1 Å². The lowest BCUT2D eigenvalue weighted by molar-refractivity contribution is -0.116. The number of nitrogens with two attached hydrogens (primary N) is 1. The Labute approximate surface area is 100 Å². The van der Waals surface area contributed by atoms with Gasteiger partial charge in [0.2, 0.25) is 5.91 Å². The van der Waals surface area contributed by atoms with Gasteiger partial charge in [-0.2, -0.15) is 0 Å². The predicted octanol–water partition coefficient (Wildman–Crippen LogP) is 1.87. The average Bonchev–Trinajstić information content (AvgIpc) is 2.30. The molecule has 0 aliphatic heterocycles. The van der Waals surface area contributed by atoms with E-state index >= 15 is 0 Å². The first kappa shape index (κ1) is 13.2. The molecule has 3 N–H and O–H groups in total. The maximum atomic E-state index is 13.3. The van der Waals surface area contributed by atoms with E-state index in [-0.39, 0.29) is 18.0 Å². The smallest absolute Gasteiger partial charge is 0.224 e. The fourth-order valence-electron chi connectivity index (χ4n) is 1.30. The van der Waals surface area contributed by atoms with Crippen LogP contribution in [-0.4, -0.2) is 12.5 Å². The molecule has 0 atom stereocenters. The maximum Gasteiger partial charge on any atom is 0.224 e. The molecular weight excluding hydrogens is 219 g/mol. The third-order valence-electron chi connectivity index (χ3n) is 2.05. The Bertz CT molecular complexity index is 460. The maximum absolute atomic E-state index is 13.3. The molecule has 0 saturated heterocycles. The molecular formula is C13H15FN2O. The van der Waals surface area contributed by atoms with Crippen molar-refractivity contribution in [2.24, 2.45) is 5.73 Å². The average molecular weight is 234 g/mol. The number of carbonyl (C=O) groups excluding carboxylic acids is 1. The molecule has 1 aromatic carbocycles. The largest absolute Gasteiger partial charge is 0.326 e.